The number of nitrogens with one attached hydrogen (secondary N) is 1. The molecule has 1 N–H and O–H groups in total. The minimum atomic E-state index is -0.172. The SMILES string of the molecule is CCc1c(C(=O)Nc2cccc(N3CCOCC3)c2)cnn1-c1cccc(Cl)c1. The van der Waals surface area contributed by atoms with Gasteiger partial charge in [0.2, 0.25) is 0 Å². The third kappa shape index (κ3) is 4.28. The molecule has 3 aromatic rings. The topological polar surface area (TPSA) is 59.4 Å². The summed E-state index contributed by atoms with van der Waals surface area (Å²) in [4.78, 5) is 15.2. The molecule has 1 aromatic heterocycles. The minimum Gasteiger partial charge on any atom is -0.378 e. The average Bonchev–Trinajstić information content (AvgIpc) is 3.19. The van der Waals surface area contributed by atoms with Crippen LogP contribution in [0.25, 0.3) is 5.69 Å². The molecule has 2 aromatic carbocycles. The summed E-state index contributed by atoms with van der Waals surface area (Å²) in [6.07, 6.45) is 2.28. The lowest BCUT2D eigenvalue weighted by atomic mass is 10.1. The second kappa shape index (κ2) is 8.68. The highest BCUT2D eigenvalue weighted by Gasteiger charge is 2.18. The Bertz CT molecular complexity index is 1010. The summed E-state index contributed by atoms with van der Waals surface area (Å²) in [5, 5.41) is 8.07. The largest absolute Gasteiger partial charge is 0.378 e. The molecular formula is C22H23ClN4O2. The van der Waals surface area contributed by atoms with E-state index in [9.17, 15) is 4.79 Å². The van der Waals surface area contributed by atoms with Crippen LogP contribution < -0.4 is 10.2 Å². The maximum absolute atomic E-state index is 13.0. The Morgan fingerprint density at radius 2 is 1.90 bits per heavy atom. The lowest BCUT2D eigenvalue weighted by molar-refractivity contribution is 0.102. The van der Waals surface area contributed by atoms with Crippen LogP contribution in [0.3, 0.4) is 0 Å². The third-order valence-corrected chi connectivity index (χ3v) is 5.22. The number of amides is 1. The van der Waals surface area contributed by atoms with Gasteiger partial charge < -0.3 is 15.0 Å². The van der Waals surface area contributed by atoms with Gasteiger partial charge in [-0.05, 0) is 42.8 Å². The van der Waals surface area contributed by atoms with Gasteiger partial charge in [0.1, 0.15) is 0 Å². The van der Waals surface area contributed by atoms with Crippen molar-refractivity contribution in [2.24, 2.45) is 0 Å². The zero-order chi connectivity index (χ0) is 20.2. The van der Waals surface area contributed by atoms with E-state index < -0.39 is 0 Å². The van der Waals surface area contributed by atoms with Crippen LogP contribution >= 0.6 is 11.6 Å². The van der Waals surface area contributed by atoms with Crippen LogP contribution in [-0.2, 0) is 11.2 Å². The molecule has 0 atom stereocenters. The molecule has 1 fully saturated rings. The van der Waals surface area contributed by atoms with E-state index in [0.29, 0.717) is 17.0 Å². The molecule has 0 unspecified atom stereocenters. The van der Waals surface area contributed by atoms with Gasteiger partial charge in [-0.2, -0.15) is 5.10 Å². The maximum Gasteiger partial charge on any atom is 0.259 e. The first-order chi connectivity index (χ1) is 14.2. The van der Waals surface area contributed by atoms with Crippen molar-refractivity contribution in [1.82, 2.24) is 9.78 Å². The van der Waals surface area contributed by atoms with Gasteiger partial charge >= 0.3 is 0 Å². The van der Waals surface area contributed by atoms with Gasteiger partial charge in [-0.25, -0.2) is 4.68 Å². The van der Waals surface area contributed by atoms with Crippen LogP contribution in [0.1, 0.15) is 23.0 Å². The van der Waals surface area contributed by atoms with Gasteiger partial charge in [0.15, 0.2) is 0 Å². The summed E-state index contributed by atoms with van der Waals surface area (Å²) in [5.74, 6) is -0.172. The fourth-order valence-corrected chi connectivity index (χ4v) is 3.72. The Hall–Kier alpha value is -2.83. The molecule has 1 aliphatic rings. The van der Waals surface area contributed by atoms with Crippen LogP contribution in [0.5, 0.6) is 0 Å². The number of hydrogen-bond acceptors (Lipinski definition) is 4. The van der Waals surface area contributed by atoms with Crippen LogP contribution in [0.2, 0.25) is 5.02 Å². The highest BCUT2D eigenvalue weighted by atomic mass is 35.5. The summed E-state index contributed by atoms with van der Waals surface area (Å²) >= 11 is 6.11. The summed E-state index contributed by atoms with van der Waals surface area (Å²) in [6.45, 7) is 5.15. The first kappa shape index (κ1) is 19.5. The number of benzene rings is 2. The number of rotatable bonds is 5. The molecule has 4 rings (SSSR count). The molecule has 6 nitrogen and oxygen atoms in total. The van der Waals surface area contributed by atoms with Crippen molar-refractivity contribution >= 4 is 28.9 Å². The van der Waals surface area contributed by atoms with E-state index in [-0.39, 0.29) is 5.91 Å². The van der Waals surface area contributed by atoms with E-state index in [1.165, 1.54) is 0 Å². The lowest BCUT2D eigenvalue weighted by Gasteiger charge is -2.29. The molecular weight excluding hydrogens is 388 g/mol. The monoisotopic (exact) mass is 410 g/mol. The number of nitrogens with zero attached hydrogens (tertiary/aromatic N) is 3. The normalized spacial score (nSPS) is 14.1. The molecule has 1 aliphatic heterocycles. The molecule has 0 aliphatic carbocycles. The van der Waals surface area contributed by atoms with Gasteiger partial charge in [0.25, 0.3) is 5.91 Å². The van der Waals surface area contributed by atoms with E-state index in [1.54, 1.807) is 10.9 Å². The molecule has 7 heteroatoms. The van der Waals surface area contributed by atoms with E-state index in [0.717, 1.165) is 49.1 Å². The van der Waals surface area contributed by atoms with Crippen molar-refractivity contribution < 1.29 is 9.53 Å². The molecule has 1 amide bonds. The molecule has 0 saturated carbocycles. The molecule has 1 saturated heterocycles. The van der Waals surface area contributed by atoms with Gasteiger partial charge in [0.05, 0.1) is 36.4 Å². The van der Waals surface area contributed by atoms with Crippen molar-refractivity contribution in [1.29, 1.82) is 0 Å². The Kier molecular flexibility index (Phi) is 5.83. The second-order valence-corrected chi connectivity index (χ2v) is 7.29. The Balaban J connectivity index is 1.56. The summed E-state index contributed by atoms with van der Waals surface area (Å²) in [5.41, 5.74) is 4.08. The van der Waals surface area contributed by atoms with Crippen molar-refractivity contribution in [2.45, 2.75) is 13.3 Å². The van der Waals surface area contributed by atoms with Crippen molar-refractivity contribution in [3.8, 4) is 5.69 Å². The highest BCUT2D eigenvalue weighted by Crippen LogP contribution is 2.23. The quantitative estimate of drug-likeness (QED) is 0.685. The first-order valence-electron chi connectivity index (χ1n) is 9.72. The number of ether oxygens (including phenoxy) is 1. The minimum absolute atomic E-state index is 0.172. The number of hydrogen-bond donors (Lipinski definition) is 1. The fourth-order valence-electron chi connectivity index (χ4n) is 3.53. The number of halogens is 1. The number of carbonyl (C=O) groups excluding carboxylic acids is 1. The summed E-state index contributed by atoms with van der Waals surface area (Å²) < 4.78 is 7.19. The standard InChI is InChI=1S/C22H23ClN4O2/c1-2-21-20(15-24-27(21)19-8-3-5-16(23)13-19)22(28)25-17-6-4-7-18(14-17)26-9-11-29-12-10-26/h3-8,13-15H,2,9-12H2,1H3,(H,25,28). The average molecular weight is 411 g/mol. The smallest absolute Gasteiger partial charge is 0.259 e. The molecule has 2 heterocycles. The third-order valence-electron chi connectivity index (χ3n) is 4.98. The predicted molar refractivity (Wildman–Crippen MR) is 115 cm³/mol. The molecule has 150 valence electrons. The number of aromatic nitrogens is 2. The Morgan fingerprint density at radius 1 is 1.14 bits per heavy atom. The molecule has 0 radical (unpaired) electrons. The van der Waals surface area contributed by atoms with Crippen LogP contribution in [0.4, 0.5) is 11.4 Å². The zero-order valence-electron chi connectivity index (χ0n) is 16.3. The summed E-state index contributed by atoms with van der Waals surface area (Å²) in [7, 11) is 0. The zero-order valence-corrected chi connectivity index (χ0v) is 17.0. The van der Waals surface area contributed by atoms with Gasteiger partial charge in [-0.15, -0.1) is 0 Å². The number of anilines is 2. The van der Waals surface area contributed by atoms with Gasteiger partial charge in [-0.3, -0.25) is 4.79 Å². The Morgan fingerprint density at radius 3 is 2.66 bits per heavy atom. The highest BCUT2D eigenvalue weighted by molar-refractivity contribution is 6.30. The second-order valence-electron chi connectivity index (χ2n) is 6.85. The number of carbonyl (C=O) groups is 1. The number of morpholine rings is 1. The van der Waals surface area contributed by atoms with Gasteiger partial charge in [0, 0.05) is 29.5 Å². The van der Waals surface area contributed by atoms with Crippen molar-refractivity contribution in [2.75, 3.05) is 36.5 Å². The van der Waals surface area contributed by atoms with Crippen LogP contribution in [0, 0.1) is 0 Å². The first-order valence-corrected chi connectivity index (χ1v) is 10.1. The lowest BCUT2D eigenvalue weighted by Crippen LogP contribution is -2.36. The Labute approximate surface area is 175 Å². The van der Waals surface area contributed by atoms with E-state index >= 15 is 0 Å². The van der Waals surface area contributed by atoms with E-state index in [1.807, 2.05) is 49.4 Å². The van der Waals surface area contributed by atoms with Crippen LogP contribution in [0.15, 0.2) is 54.7 Å². The predicted octanol–water partition coefficient (Wildman–Crippen LogP) is 4.18. The summed E-state index contributed by atoms with van der Waals surface area (Å²) in [6, 6.07) is 15.3. The van der Waals surface area contributed by atoms with Crippen LogP contribution in [-0.4, -0.2) is 42.0 Å². The molecule has 0 spiro atoms. The van der Waals surface area contributed by atoms with E-state index in [4.69, 9.17) is 16.3 Å². The van der Waals surface area contributed by atoms with E-state index in [2.05, 4.69) is 21.4 Å². The molecule has 29 heavy (non-hydrogen) atoms. The molecule has 0 bridgehead atoms. The van der Waals surface area contributed by atoms with Crippen molar-refractivity contribution in [3.05, 3.63) is 71.0 Å². The fraction of sp³-hybridized carbons (Fsp3) is 0.273. The van der Waals surface area contributed by atoms with Gasteiger partial charge in [-0.1, -0.05) is 30.7 Å². The maximum atomic E-state index is 13.0. The van der Waals surface area contributed by atoms with Crippen molar-refractivity contribution in [3.63, 3.8) is 0 Å².